The van der Waals surface area contributed by atoms with Crippen LogP contribution in [-0.4, -0.2) is 40.1 Å². The number of amides is 1. The number of benzene rings is 1. The highest BCUT2D eigenvalue weighted by Crippen LogP contribution is 2.22. The fourth-order valence-electron chi connectivity index (χ4n) is 2.88. The van der Waals surface area contributed by atoms with Crippen LogP contribution >= 0.6 is 0 Å². The number of carbonyl (C=O) groups excluding carboxylic acids is 1. The standard InChI is InChI=1S/C18H19N5O4S/c1-28(26,27)18(7-6-16(19)24)22-10-8-14(12-17(22)25)13-2-4-15(5-3-13)23-11-9-20-21-23/h2-5,8-12,18H,6-7H2,1H3,(H2,19,24). The highest BCUT2D eigenvalue weighted by atomic mass is 32.2. The number of hydrogen-bond acceptors (Lipinski definition) is 6. The Balaban J connectivity index is 1.91. The fourth-order valence-corrected chi connectivity index (χ4v) is 4.02. The topological polar surface area (TPSA) is 130 Å². The van der Waals surface area contributed by atoms with Gasteiger partial charge in [-0.2, -0.15) is 0 Å². The van der Waals surface area contributed by atoms with Crippen LogP contribution in [0.15, 0.2) is 59.8 Å². The van der Waals surface area contributed by atoms with E-state index in [0.717, 1.165) is 22.1 Å². The molecule has 0 fully saturated rings. The van der Waals surface area contributed by atoms with Gasteiger partial charge in [-0.05, 0) is 35.7 Å². The molecule has 1 amide bonds. The zero-order valence-corrected chi connectivity index (χ0v) is 15.9. The van der Waals surface area contributed by atoms with Crippen LogP contribution < -0.4 is 11.3 Å². The lowest BCUT2D eigenvalue weighted by Gasteiger charge is -2.18. The molecule has 0 saturated heterocycles. The molecule has 0 saturated carbocycles. The van der Waals surface area contributed by atoms with Gasteiger partial charge in [0.25, 0.3) is 5.56 Å². The first-order chi connectivity index (χ1) is 13.3. The second-order valence-corrected chi connectivity index (χ2v) is 8.55. The number of pyridine rings is 1. The minimum Gasteiger partial charge on any atom is -0.370 e. The maximum Gasteiger partial charge on any atom is 0.252 e. The van der Waals surface area contributed by atoms with Crippen molar-refractivity contribution in [2.45, 2.75) is 18.2 Å². The molecule has 1 unspecified atom stereocenters. The van der Waals surface area contributed by atoms with Crippen molar-refractivity contribution in [2.75, 3.05) is 6.26 Å². The Hall–Kier alpha value is -3.27. The lowest BCUT2D eigenvalue weighted by molar-refractivity contribution is -0.118. The SMILES string of the molecule is CS(=O)(=O)C(CCC(N)=O)n1ccc(-c2ccc(-n3ccnn3)cc2)cc1=O. The predicted octanol–water partition coefficient (Wildman–Crippen LogP) is 0.905. The van der Waals surface area contributed by atoms with E-state index in [-0.39, 0.29) is 12.8 Å². The summed E-state index contributed by atoms with van der Waals surface area (Å²) in [5, 5.41) is 6.52. The molecule has 0 bridgehead atoms. The zero-order chi connectivity index (χ0) is 20.3. The molecule has 0 aliphatic rings. The first kappa shape index (κ1) is 19.5. The summed E-state index contributed by atoms with van der Waals surface area (Å²) in [5.41, 5.74) is 6.90. The van der Waals surface area contributed by atoms with E-state index in [4.69, 9.17) is 5.73 Å². The average Bonchev–Trinajstić information content (AvgIpc) is 3.16. The number of nitrogens with two attached hydrogens (primary N) is 1. The van der Waals surface area contributed by atoms with Gasteiger partial charge in [0.2, 0.25) is 5.91 Å². The summed E-state index contributed by atoms with van der Waals surface area (Å²) < 4.78 is 26.9. The minimum atomic E-state index is -3.60. The molecule has 0 aliphatic carbocycles. The molecular formula is C18H19N5O4S. The van der Waals surface area contributed by atoms with Gasteiger partial charge in [-0.1, -0.05) is 17.3 Å². The Morgan fingerprint density at radius 1 is 1.14 bits per heavy atom. The Morgan fingerprint density at radius 3 is 2.39 bits per heavy atom. The third-order valence-corrected chi connectivity index (χ3v) is 5.73. The van der Waals surface area contributed by atoms with Crippen molar-refractivity contribution < 1.29 is 13.2 Å². The molecule has 146 valence electrons. The normalized spacial score (nSPS) is 12.6. The maximum atomic E-state index is 12.6. The molecule has 3 rings (SSSR count). The molecule has 0 spiro atoms. The molecule has 3 aromatic rings. The van der Waals surface area contributed by atoms with Gasteiger partial charge < -0.3 is 5.73 Å². The lowest BCUT2D eigenvalue weighted by Crippen LogP contribution is -2.29. The van der Waals surface area contributed by atoms with Gasteiger partial charge in [0.05, 0.1) is 18.1 Å². The molecule has 1 atom stereocenters. The zero-order valence-electron chi connectivity index (χ0n) is 15.1. The van der Waals surface area contributed by atoms with Gasteiger partial charge in [-0.3, -0.25) is 14.2 Å². The lowest BCUT2D eigenvalue weighted by atomic mass is 10.1. The molecule has 2 N–H and O–H groups in total. The highest BCUT2D eigenvalue weighted by molar-refractivity contribution is 7.90. The first-order valence-electron chi connectivity index (χ1n) is 8.42. The molecule has 0 aliphatic heterocycles. The highest BCUT2D eigenvalue weighted by Gasteiger charge is 2.24. The van der Waals surface area contributed by atoms with Crippen molar-refractivity contribution >= 4 is 15.7 Å². The molecule has 0 radical (unpaired) electrons. The van der Waals surface area contributed by atoms with Gasteiger partial charge in [-0.25, -0.2) is 13.1 Å². The van der Waals surface area contributed by atoms with E-state index in [2.05, 4.69) is 10.3 Å². The van der Waals surface area contributed by atoms with Crippen molar-refractivity contribution in [2.24, 2.45) is 5.73 Å². The Bertz CT molecular complexity index is 1140. The summed E-state index contributed by atoms with van der Waals surface area (Å²) >= 11 is 0. The van der Waals surface area contributed by atoms with E-state index >= 15 is 0 Å². The molecule has 10 heteroatoms. The van der Waals surface area contributed by atoms with Crippen molar-refractivity contribution in [1.29, 1.82) is 0 Å². The third-order valence-electron chi connectivity index (χ3n) is 4.28. The first-order valence-corrected chi connectivity index (χ1v) is 10.4. The predicted molar refractivity (Wildman–Crippen MR) is 103 cm³/mol. The Kier molecular flexibility index (Phi) is 5.41. The fraction of sp³-hybridized carbons (Fsp3) is 0.222. The van der Waals surface area contributed by atoms with Gasteiger partial charge in [-0.15, -0.1) is 5.10 Å². The minimum absolute atomic E-state index is 0.0555. The third kappa shape index (κ3) is 4.34. The molecule has 2 aromatic heterocycles. The number of carbonyl (C=O) groups is 1. The number of primary amides is 1. The van der Waals surface area contributed by atoms with E-state index in [1.54, 1.807) is 23.1 Å². The summed E-state index contributed by atoms with van der Waals surface area (Å²) in [6.45, 7) is 0. The van der Waals surface area contributed by atoms with E-state index in [0.29, 0.717) is 5.56 Å². The summed E-state index contributed by atoms with van der Waals surface area (Å²) in [6, 6.07) is 10.4. The van der Waals surface area contributed by atoms with Crippen LogP contribution in [0.25, 0.3) is 16.8 Å². The second kappa shape index (κ2) is 7.77. The van der Waals surface area contributed by atoms with Crippen LogP contribution in [0.4, 0.5) is 0 Å². The smallest absolute Gasteiger partial charge is 0.252 e. The molecular weight excluding hydrogens is 382 g/mol. The molecule has 1 aromatic carbocycles. The van der Waals surface area contributed by atoms with Crippen molar-refractivity contribution in [3.8, 4) is 16.8 Å². The number of hydrogen-bond donors (Lipinski definition) is 1. The van der Waals surface area contributed by atoms with Crippen LogP contribution in [0, 0.1) is 0 Å². The van der Waals surface area contributed by atoms with Gasteiger partial charge in [0.1, 0.15) is 5.37 Å². The summed E-state index contributed by atoms with van der Waals surface area (Å²) in [6.07, 6.45) is 5.56. The number of nitrogens with zero attached hydrogens (tertiary/aromatic N) is 4. The van der Waals surface area contributed by atoms with Crippen LogP contribution in [0.2, 0.25) is 0 Å². The Labute approximate surface area is 161 Å². The average molecular weight is 401 g/mol. The summed E-state index contributed by atoms with van der Waals surface area (Å²) in [5.74, 6) is -0.620. The molecule has 28 heavy (non-hydrogen) atoms. The molecule has 9 nitrogen and oxygen atoms in total. The largest absolute Gasteiger partial charge is 0.370 e. The van der Waals surface area contributed by atoms with Crippen molar-refractivity contribution in [3.63, 3.8) is 0 Å². The number of rotatable bonds is 7. The van der Waals surface area contributed by atoms with E-state index in [1.165, 1.54) is 12.3 Å². The van der Waals surface area contributed by atoms with Gasteiger partial charge in [0, 0.05) is 24.9 Å². The van der Waals surface area contributed by atoms with E-state index < -0.39 is 26.7 Å². The van der Waals surface area contributed by atoms with Gasteiger partial charge in [0.15, 0.2) is 9.84 Å². The van der Waals surface area contributed by atoms with E-state index in [1.807, 2.05) is 24.3 Å². The van der Waals surface area contributed by atoms with Crippen LogP contribution in [-0.2, 0) is 14.6 Å². The second-order valence-electron chi connectivity index (χ2n) is 6.34. The monoisotopic (exact) mass is 401 g/mol. The van der Waals surface area contributed by atoms with Crippen molar-refractivity contribution in [1.82, 2.24) is 19.6 Å². The quantitative estimate of drug-likeness (QED) is 0.626. The van der Waals surface area contributed by atoms with Crippen LogP contribution in [0.1, 0.15) is 18.2 Å². The van der Waals surface area contributed by atoms with Crippen molar-refractivity contribution in [3.05, 3.63) is 65.3 Å². The summed E-state index contributed by atoms with van der Waals surface area (Å²) in [7, 11) is -3.60. The van der Waals surface area contributed by atoms with Gasteiger partial charge >= 0.3 is 0 Å². The van der Waals surface area contributed by atoms with Crippen LogP contribution in [0.5, 0.6) is 0 Å². The van der Waals surface area contributed by atoms with E-state index in [9.17, 15) is 18.0 Å². The number of sulfone groups is 1. The Morgan fingerprint density at radius 2 is 1.86 bits per heavy atom. The molecule has 2 heterocycles. The maximum absolute atomic E-state index is 12.6. The summed E-state index contributed by atoms with van der Waals surface area (Å²) in [4.78, 5) is 23.6. The number of aromatic nitrogens is 4. The van der Waals surface area contributed by atoms with Crippen LogP contribution in [0.3, 0.4) is 0 Å².